The smallest absolute Gasteiger partial charge is 0.419 e. The fraction of sp³-hybridized carbons (Fsp3) is 0.516. The molecular weight excluding hydrogens is 595 g/mol. The highest BCUT2D eigenvalue weighted by Crippen LogP contribution is 2.40. The largest absolute Gasteiger partial charge is 0.493 e. The maximum atomic E-state index is 14.0. The van der Waals surface area contributed by atoms with Gasteiger partial charge in [-0.25, -0.2) is 15.0 Å². The standard InChI is InChI=1S/C31H36F3N5O4S/c1-3-13-43-25-7-6-21(14-22(25)31(32,33)34)29-26(18-39-10-4-5-19(39)2)44-28(37-29)15-24(40)23-16-36-27(17-35-23)38-11-8-20(9-12-38)30(41)42/h6-7,14,16-17,19-20H,3-5,8-13,15,18H2,1-2H3,(H,41,42)/t19-/m1/s1. The van der Waals surface area contributed by atoms with E-state index in [1.807, 2.05) is 11.8 Å². The molecule has 1 atom stereocenters. The maximum Gasteiger partial charge on any atom is 0.419 e. The summed E-state index contributed by atoms with van der Waals surface area (Å²) in [6.45, 7) is 6.65. The van der Waals surface area contributed by atoms with Crippen molar-refractivity contribution >= 4 is 28.9 Å². The van der Waals surface area contributed by atoms with Gasteiger partial charge in [0.2, 0.25) is 0 Å². The van der Waals surface area contributed by atoms with Crippen LogP contribution in [0.3, 0.4) is 0 Å². The number of carbonyl (C=O) groups excluding carboxylic acids is 1. The second-order valence-corrected chi connectivity index (χ2v) is 12.5. The molecule has 0 bridgehead atoms. The lowest BCUT2D eigenvalue weighted by Gasteiger charge is -2.30. The third kappa shape index (κ3) is 7.37. The highest BCUT2D eigenvalue weighted by Gasteiger charge is 2.35. The number of hydrogen-bond donors (Lipinski definition) is 1. The third-order valence-electron chi connectivity index (χ3n) is 8.20. The topological polar surface area (TPSA) is 109 Å². The number of anilines is 1. The molecule has 44 heavy (non-hydrogen) atoms. The number of carboxylic acid groups (broad SMARTS) is 1. The molecule has 4 heterocycles. The molecule has 2 fully saturated rings. The first-order valence-electron chi connectivity index (χ1n) is 14.9. The number of ketones is 1. The van der Waals surface area contributed by atoms with E-state index in [-0.39, 0.29) is 36.2 Å². The normalized spacial score (nSPS) is 18.1. The van der Waals surface area contributed by atoms with Gasteiger partial charge in [0.15, 0.2) is 5.78 Å². The first-order chi connectivity index (χ1) is 21.0. The Balaban J connectivity index is 1.37. The second-order valence-electron chi connectivity index (χ2n) is 11.4. The van der Waals surface area contributed by atoms with Crippen molar-refractivity contribution in [3.05, 3.63) is 51.7 Å². The number of thiazole rings is 1. The number of piperidine rings is 1. The number of aliphatic carboxylic acids is 1. The quantitative estimate of drug-likeness (QED) is 0.251. The van der Waals surface area contributed by atoms with E-state index in [1.54, 1.807) is 6.07 Å². The van der Waals surface area contributed by atoms with Crippen LogP contribution in [0.25, 0.3) is 11.3 Å². The highest BCUT2D eigenvalue weighted by atomic mass is 32.1. The Kier molecular flexibility index (Phi) is 9.84. The van der Waals surface area contributed by atoms with E-state index < -0.39 is 17.7 Å². The van der Waals surface area contributed by atoms with Gasteiger partial charge in [0.05, 0.1) is 42.6 Å². The lowest BCUT2D eigenvalue weighted by atomic mass is 9.97. The van der Waals surface area contributed by atoms with Crippen molar-refractivity contribution in [2.24, 2.45) is 5.92 Å². The molecule has 2 aromatic heterocycles. The number of rotatable bonds is 11. The number of Topliss-reactive ketones (excluding diaryl/α,β-unsaturated/α-hetero) is 1. The van der Waals surface area contributed by atoms with E-state index in [0.29, 0.717) is 67.0 Å². The van der Waals surface area contributed by atoms with Crippen LogP contribution in [0, 0.1) is 5.92 Å². The number of ether oxygens (including phenoxy) is 1. The van der Waals surface area contributed by atoms with Crippen molar-refractivity contribution in [2.75, 3.05) is 31.1 Å². The lowest BCUT2D eigenvalue weighted by Crippen LogP contribution is -2.36. The van der Waals surface area contributed by atoms with Gasteiger partial charge in [0, 0.05) is 36.1 Å². The molecule has 0 amide bonds. The van der Waals surface area contributed by atoms with E-state index in [0.717, 1.165) is 30.3 Å². The number of carbonyl (C=O) groups is 2. The van der Waals surface area contributed by atoms with Crippen LogP contribution in [0.1, 0.15) is 71.9 Å². The Hall–Kier alpha value is -3.58. The molecule has 0 unspecified atom stereocenters. The Labute approximate surface area is 258 Å². The zero-order chi connectivity index (χ0) is 31.4. The molecule has 0 aliphatic carbocycles. The van der Waals surface area contributed by atoms with Crippen molar-refractivity contribution in [3.63, 3.8) is 0 Å². The zero-order valence-electron chi connectivity index (χ0n) is 24.8. The summed E-state index contributed by atoms with van der Waals surface area (Å²) in [4.78, 5) is 42.9. The van der Waals surface area contributed by atoms with Gasteiger partial charge < -0.3 is 14.7 Å². The summed E-state index contributed by atoms with van der Waals surface area (Å²) in [7, 11) is 0. The monoisotopic (exact) mass is 631 g/mol. The van der Waals surface area contributed by atoms with Gasteiger partial charge in [-0.1, -0.05) is 6.92 Å². The van der Waals surface area contributed by atoms with Crippen molar-refractivity contribution in [3.8, 4) is 17.0 Å². The van der Waals surface area contributed by atoms with Gasteiger partial charge in [0.1, 0.15) is 22.3 Å². The molecule has 13 heteroatoms. The first-order valence-corrected chi connectivity index (χ1v) is 15.7. The fourth-order valence-corrected chi connectivity index (χ4v) is 6.78. The number of nitrogens with zero attached hydrogens (tertiary/aromatic N) is 5. The van der Waals surface area contributed by atoms with E-state index >= 15 is 0 Å². The molecule has 0 saturated carbocycles. The first kappa shape index (κ1) is 31.8. The van der Waals surface area contributed by atoms with Crippen LogP contribution in [0.4, 0.5) is 19.0 Å². The minimum absolute atomic E-state index is 0.0604. The number of benzene rings is 1. The second kappa shape index (κ2) is 13.6. The average molecular weight is 632 g/mol. The van der Waals surface area contributed by atoms with Gasteiger partial charge in [-0.2, -0.15) is 13.2 Å². The van der Waals surface area contributed by atoms with Crippen LogP contribution in [-0.4, -0.2) is 69.0 Å². The summed E-state index contributed by atoms with van der Waals surface area (Å²) in [5.74, 6) is -1.09. The number of aromatic nitrogens is 3. The number of hydrogen-bond acceptors (Lipinski definition) is 9. The summed E-state index contributed by atoms with van der Waals surface area (Å²) in [5, 5.41) is 9.72. The van der Waals surface area contributed by atoms with Crippen LogP contribution >= 0.6 is 11.3 Å². The minimum Gasteiger partial charge on any atom is -0.493 e. The average Bonchev–Trinajstić information content (AvgIpc) is 3.60. The molecule has 5 rings (SSSR count). The summed E-state index contributed by atoms with van der Waals surface area (Å²) in [5.41, 5.74) is 0.0824. The van der Waals surface area contributed by atoms with Gasteiger partial charge in [-0.15, -0.1) is 11.3 Å². The van der Waals surface area contributed by atoms with E-state index in [2.05, 4.69) is 21.8 Å². The summed E-state index contributed by atoms with van der Waals surface area (Å²) >= 11 is 1.34. The van der Waals surface area contributed by atoms with Crippen molar-refractivity contribution in [1.29, 1.82) is 0 Å². The Morgan fingerprint density at radius 2 is 1.89 bits per heavy atom. The van der Waals surface area contributed by atoms with Gasteiger partial charge in [0.25, 0.3) is 0 Å². The summed E-state index contributed by atoms with van der Waals surface area (Å²) < 4.78 is 47.5. The number of halogens is 3. The van der Waals surface area contributed by atoms with Crippen LogP contribution in [0.15, 0.2) is 30.6 Å². The van der Waals surface area contributed by atoms with Crippen molar-refractivity contribution in [2.45, 2.75) is 71.1 Å². The molecule has 2 saturated heterocycles. The number of carboxylic acids is 1. The van der Waals surface area contributed by atoms with E-state index in [4.69, 9.17) is 9.72 Å². The molecule has 9 nitrogen and oxygen atoms in total. The maximum absolute atomic E-state index is 14.0. The number of likely N-dealkylation sites (tertiary alicyclic amines) is 1. The van der Waals surface area contributed by atoms with Crippen molar-refractivity contribution < 1.29 is 32.6 Å². The fourth-order valence-electron chi connectivity index (χ4n) is 5.67. The molecule has 1 aromatic carbocycles. The molecule has 2 aliphatic heterocycles. The Bertz CT molecular complexity index is 1470. The van der Waals surface area contributed by atoms with E-state index in [9.17, 15) is 27.9 Å². The molecule has 0 spiro atoms. The SMILES string of the molecule is CCCOc1ccc(-c2nc(CC(=O)c3cnc(N4CCC(C(=O)O)CC4)cn3)sc2CN2CCC[C@H]2C)cc1C(F)(F)F. The number of alkyl halides is 3. The third-order valence-corrected chi connectivity index (χ3v) is 9.24. The Morgan fingerprint density at radius 3 is 2.50 bits per heavy atom. The van der Waals surface area contributed by atoms with Crippen LogP contribution < -0.4 is 9.64 Å². The zero-order valence-corrected chi connectivity index (χ0v) is 25.6. The van der Waals surface area contributed by atoms with Crippen LogP contribution in [0.2, 0.25) is 0 Å². The van der Waals surface area contributed by atoms with Crippen LogP contribution in [0.5, 0.6) is 5.75 Å². The van der Waals surface area contributed by atoms with Gasteiger partial charge >= 0.3 is 12.1 Å². The minimum atomic E-state index is -4.60. The molecular formula is C31H36F3N5O4S. The van der Waals surface area contributed by atoms with E-state index in [1.165, 1.54) is 29.8 Å². The highest BCUT2D eigenvalue weighted by molar-refractivity contribution is 7.12. The van der Waals surface area contributed by atoms with Gasteiger partial charge in [-0.05, 0) is 63.8 Å². The molecule has 3 aromatic rings. The van der Waals surface area contributed by atoms with Crippen molar-refractivity contribution in [1.82, 2.24) is 19.9 Å². The molecule has 1 N–H and O–H groups in total. The lowest BCUT2D eigenvalue weighted by molar-refractivity contribution is -0.142. The summed E-state index contributed by atoms with van der Waals surface area (Å²) in [6.07, 6.45) is 1.98. The summed E-state index contributed by atoms with van der Waals surface area (Å²) in [6, 6.07) is 4.38. The molecule has 2 aliphatic rings. The molecule has 0 radical (unpaired) electrons. The predicted molar refractivity (Wildman–Crippen MR) is 160 cm³/mol. The Morgan fingerprint density at radius 1 is 1.11 bits per heavy atom. The van der Waals surface area contributed by atoms with Gasteiger partial charge in [-0.3, -0.25) is 14.5 Å². The predicted octanol–water partition coefficient (Wildman–Crippen LogP) is 6.12. The molecule has 236 valence electrons. The van der Waals surface area contributed by atoms with Crippen LogP contribution in [-0.2, 0) is 23.9 Å².